The van der Waals surface area contributed by atoms with Gasteiger partial charge >= 0.3 is 0 Å². The van der Waals surface area contributed by atoms with Gasteiger partial charge < -0.3 is 0 Å². The van der Waals surface area contributed by atoms with Crippen LogP contribution in [0.2, 0.25) is 5.15 Å². The minimum atomic E-state index is 0.433. The summed E-state index contributed by atoms with van der Waals surface area (Å²) in [5.74, 6) is 0. The van der Waals surface area contributed by atoms with Gasteiger partial charge in [-0.2, -0.15) is 0 Å². The Morgan fingerprint density at radius 1 is 1.55 bits per heavy atom. The van der Waals surface area contributed by atoms with Gasteiger partial charge in [0.15, 0.2) is 0 Å². The second-order valence-electron chi connectivity index (χ2n) is 1.93. The van der Waals surface area contributed by atoms with Crippen LogP contribution in [0.25, 0.3) is 10.3 Å². The third-order valence-corrected chi connectivity index (χ3v) is 2.90. The van der Waals surface area contributed by atoms with Crippen LogP contribution in [0.3, 0.4) is 0 Å². The first-order valence-corrected chi connectivity index (χ1v) is 4.82. The fourth-order valence-electron chi connectivity index (χ4n) is 0.772. The minimum Gasteiger partial charge on any atom is -0.240 e. The zero-order valence-electron chi connectivity index (χ0n) is 5.21. The average Bonchev–Trinajstić information content (AvgIpc) is 2.27. The van der Waals surface area contributed by atoms with Crippen molar-refractivity contribution in [3.8, 4) is 0 Å². The van der Waals surface area contributed by atoms with E-state index in [1.807, 2.05) is 6.07 Å². The number of nitrogens with zero attached hydrogens (tertiary/aromatic N) is 2. The molecule has 2 aromatic rings. The molecule has 2 nitrogen and oxygen atoms in total. The highest BCUT2D eigenvalue weighted by molar-refractivity contribution is 9.11. The Morgan fingerprint density at radius 3 is 3.18 bits per heavy atom. The highest BCUT2D eigenvalue weighted by Crippen LogP contribution is 2.27. The molecule has 2 aromatic heterocycles. The van der Waals surface area contributed by atoms with Gasteiger partial charge in [-0.05, 0) is 22.0 Å². The van der Waals surface area contributed by atoms with Crippen molar-refractivity contribution in [3.05, 3.63) is 21.2 Å². The molecule has 0 atom stereocenters. The molecule has 0 spiro atoms. The number of thiophene rings is 1. The standard InChI is InChI=1S/C6H2BrClN2S/c7-4-1-3-6(11-4)9-2-5(8)10-3/h1-2H. The van der Waals surface area contributed by atoms with Gasteiger partial charge in [0.1, 0.15) is 15.5 Å². The molecule has 11 heavy (non-hydrogen) atoms. The topological polar surface area (TPSA) is 25.8 Å². The molecule has 2 rings (SSSR count). The highest BCUT2D eigenvalue weighted by Gasteiger charge is 2.01. The molecule has 2 heterocycles. The number of fused-ring (bicyclic) bond motifs is 1. The summed E-state index contributed by atoms with van der Waals surface area (Å²) < 4.78 is 1.02. The first-order valence-electron chi connectivity index (χ1n) is 2.83. The molecule has 0 saturated heterocycles. The van der Waals surface area contributed by atoms with Crippen LogP contribution < -0.4 is 0 Å². The van der Waals surface area contributed by atoms with Gasteiger partial charge in [0.25, 0.3) is 0 Å². The molecule has 0 bridgehead atoms. The van der Waals surface area contributed by atoms with E-state index in [1.165, 1.54) is 0 Å². The van der Waals surface area contributed by atoms with Gasteiger partial charge in [0.05, 0.1) is 9.98 Å². The molecule has 0 amide bonds. The predicted octanol–water partition coefficient (Wildman–Crippen LogP) is 3.11. The summed E-state index contributed by atoms with van der Waals surface area (Å²) in [5, 5.41) is 0.433. The fraction of sp³-hybridized carbons (Fsp3) is 0. The zero-order valence-corrected chi connectivity index (χ0v) is 8.37. The predicted molar refractivity (Wildman–Crippen MR) is 50.1 cm³/mol. The highest BCUT2D eigenvalue weighted by atomic mass is 79.9. The van der Waals surface area contributed by atoms with Gasteiger partial charge in [0, 0.05) is 0 Å². The Hall–Kier alpha value is -0.190. The summed E-state index contributed by atoms with van der Waals surface area (Å²) in [6.45, 7) is 0. The van der Waals surface area contributed by atoms with Gasteiger partial charge in [0.2, 0.25) is 0 Å². The lowest BCUT2D eigenvalue weighted by Crippen LogP contribution is -1.76. The van der Waals surface area contributed by atoms with Gasteiger partial charge in [-0.3, -0.25) is 0 Å². The molecule has 0 aliphatic heterocycles. The lowest BCUT2D eigenvalue weighted by Gasteiger charge is -1.86. The molecule has 0 unspecified atom stereocenters. The van der Waals surface area contributed by atoms with Crippen molar-refractivity contribution in [2.24, 2.45) is 0 Å². The van der Waals surface area contributed by atoms with Crippen molar-refractivity contribution in [1.29, 1.82) is 0 Å². The molecule has 0 fully saturated rings. The van der Waals surface area contributed by atoms with Gasteiger partial charge in [-0.1, -0.05) is 11.6 Å². The summed E-state index contributed by atoms with van der Waals surface area (Å²) in [7, 11) is 0. The molecule has 0 aliphatic carbocycles. The summed E-state index contributed by atoms with van der Waals surface area (Å²) in [5.41, 5.74) is 0.842. The monoisotopic (exact) mass is 248 g/mol. The van der Waals surface area contributed by atoms with Crippen molar-refractivity contribution in [1.82, 2.24) is 9.97 Å². The van der Waals surface area contributed by atoms with Crippen LogP contribution in [0.4, 0.5) is 0 Å². The quantitative estimate of drug-likeness (QED) is 0.717. The van der Waals surface area contributed by atoms with E-state index in [-0.39, 0.29) is 0 Å². The Labute approximate surface area is 80.4 Å². The van der Waals surface area contributed by atoms with E-state index >= 15 is 0 Å². The van der Waals surface area contributed by atoms with Crippen LogP contribution in [0.15, 0.2) is 16.0 Å². The van der Waals surface area contributed by atoms with E-state index in [1.54, 1.807) is 17.5 Å². The zero-order chi connectivity index (χ0) is 7.84. The van der Waals surface area contributed by atoms with Crippen LogP contribution in [0.5, 0.6) is 0 Å². The Balaban J connectivity index is 2.82. The van der Waals surface area contributed by atoms with E-state index in [4.69, 9.17) is 11.6 Å². The van der Waals surface area contributed by atoms with Crippen molar-refractivity contribution in [2.75, 3.05) is 0 Å². The third kappa shape index (κ3) is 1.38. The Bertz CT molecular complexity index is 400. The number of hydrogen-bond acceptors (Lipinski definition) is 3. The summed E-state index contributed by atoms with van der Waals surface area (Å²) in [4.78, 5) is 9.08. The summed E-state index contributed by atoms with van der Waals surface area (Å²) in [6, 6.07) is 1.90. The molecule has 0 aliphatic rings. The van der Waals surface area contributed by atoms with Crippen molar-refractivity contribution in [2.45, 2.75) is 0 Å². The molecular weight excluding hydrogens is 248 g/mol. The number of rotatable bonds is 0. The van der Waals surface area contributed by atoms with Crippen molar-refractivity contribution >= 4 is 49.2 Å². The fourth-order valence-corrected chi connectivity index (χ4v) is 2.26. The molecular formula is C6H2BrClN2S. The number of halogens is 2. The van der Waals surface area contributed by atoms with E-state index in [9.17, 15) is 0 Å². The average molecular weight is 250 g/mol. The normalized spacial score (nSPS) is 10.7. The van der Waals surface area contributed by atoms with Crippen LogP contribution in [-0.4, -0.2) is 9.97 Å². The second-order valence-corrected chi connectivity index (χ2v) is 4.73. The van der Waals surface area contributed by atoms with Crippen LogP contribution in [0.1, 0.15) is 0 Å². The molecule has 0 aromatic carbocycles. The van der Waals surface area contributed by atoms with E-state index < -0.39 is 0 Å². The maximum absolute atomic E-state index is 5.64. The van der Waals surface area contributed by atoms with E-state index in [0.717, 1.165) is 14.1 Å². The summed E-state index contributed by atoms with van der Waals surface area (Å²) in [6.07, 6.45) is 1.55. The van der Waals surface area contributed by atoms with Crippen molar-refractivity contribution < 1.29 is 0 Å². The molecule has 0 saturated carbocycles. The minimum absolute atomic E-state index is 0.433. The molecule has 56 valence electrons. The lowest BCUT2D eigenvalue weighted by atomic mass is 10.5. The SMILES string of the molecule is Clc1cnc2sc(Br)cc2n1. The maximum atomic E-state index is 5.64. The smallest absolute Gasteiger partial charge is 0.148 e. The van der Waals surface area contributed by atoms with E-state index in [0.29, 0.717) is 5.15 Å². The lowest BCUT2D eigenvalue weighted by molar-refractivity contribution is 1.32. The molecule has 0 N–H and O–H groups in total. The van der Waals surface area contributed by atoms with Crippen LogP contribution in [-0.2, 0) is 0 Å². The van der Waals surface area contributed by atoms with Crippen LogP contribution >= 0.6 is 38.9 Å². The van der Waals surface area contributed by atoms with Crippen LogP contribution in [0, 0.1) is 0 Å². The first-order chi connectivity index (χ1) is 5.25. The maximum Gasteiger partial charge on any atom is 0.148 e. The molecule has 0 radical (unpaired) electrons. The number of hydrogen-bond donors (Lipinski definition) is 0. The third-order valence-electron chi connectivity index (χ3n) is 1.18. The van der Waals surface area contributed by atoms with Crippen molar-refractivity contribution in [3.63, 3.8) is 0 Å². The van der Waals surface area contributed by atoms with E-state index in [2.05, 4.69) is 25.9 Å². The Morgan fingerprint density at radius 2 is 2.36 bits per heavy atom. The largest absolute Gasteiger partial charge is 0.240 e. The first kappa shape index (κ1) is 7.46. The van der Waals surface area contributed by atoms with Gasteiger partial charge in [-0.15, -0.1) is 11.3 Å². The Kier molecular flexibility index (Phi) is 1.83. The molecule has 5 heteroatoms. The van der Waals surface area contributed by atoms with Gasteiger partial charge in [-0.25, -0.2) is 9.97 Å². The summed E-state index contributed by atoms with van der Waals surface area (Å²) >= 11 is 10.5. The second kappa shape index (κ2) is 2.69. The number of aromatic nitrogens is 2.